The molecule has 0 spiro atoms. The van der Waals surface area contributed by atoms with Crippen LogP contribution in [0.15, 0.2) is 42.5 Å². The van der Waals surface area contributed by atoms with Crippen molar-refractivity contribution in [2.75, 3.05) is 18.0 Å². The molecule has 0 aromatic heterocycles. The molecule has 1 aliphatic rings. The lowest BCUT2D eigenvalue weighted by atomic mass is 10.1. The number of hydrogen-bond acceptors (Lipinski definition) is 2. The van der Waals surface area contributed by atoms with Crippen molar-refractivity contribution in [2.45, 2.75) is 25.7 Å². The maximum Gasteiger partial charge on any atom is 0.147 e. The number of nitrogens with zero attached hydrogens (tertiary/aromatic N) is 1. The summed E-state index contributed by atoms with van der Waals surface area (Å²) in [7, 11) is 0. The molecule has 0 radical (unpaired) electrons. The molecular formula is C18H21FN2. The fraction of sp³-hybridized carbons (Fsp3) is 0.333. The van der Waals surface area contributed by atoms with Gasteiger partial charge >= 0.3 is 0 Å². The number of anilines is 2. The first-order valence-electron chi connectivity index (χ1n) is 7.64. The van der Waals surface area contributed by atoms with Gasteiger partial charge < -0.3 is 10.6 Å². The summed E-state index contributed by atoms with van der Waals surface area (Å²) in [5.41, 5.74) is 9.83. The molecule has 3 heteroatoms. The van der Waals surface area contributed by atoms with Crippen LogP contribution in [0.25, 0.3) is 0 Å². The summed E-state index contributed by atoms with van der Waals surface area (Å²) in [6, 6.07) is 13.6. The minimum Gasteiger partial charge on any atom is -0.339 e. The van der Waals surface area contributed by atoms with E-state index in [1.807, 2.05) is 12.1 Å². The SMILES string of the molecule is NCCc1cccc(F)c1N1CCCCc2ccccc21. The molecule has 0 aliphatic carbocycles. The van der Waals surface area contributed by atoms with E-state index < -0.39 is 0 Å². The van der Waals surface area contributed by atoms with Crippen LogP contribution in [0.5, 0.6) is 0 Å². The number of rotatable bonds is 3. The molecule has 0 saturated carbocycles. The minimum absolute atomic E-state index is 0.155. The van der Waals surface area contributed by atoms with Crippen molar-refractivity contribution in [2.24, 2.45) is 5.73 Å². The Bertz CT molecular complexity index is 624. The molecule has 1 heterocycles. The highest BCUT2D eigenvalue weighted by Gasteiger charge is 2.21. The Hall–Kier alpha value is -1.87. The number of nitrogens with two attached hydrogens (primary N) is 1. The smallest absolute Gasteiger partial charge is 0.147 e. The Kier molecular flexibility index (Phi) is 4.20. The van der Waals surface area contributed by atoms with E-state index in [9.17, 15) is 4.39 Å². The van der Waals surface area contributed by atoms with Gasteiger partial charge in [0.2, 0.25) is 0 Å². The summed E-state index contributed by atoms with van der Waals surface area (Å²) in [6.07, 6.45) is 3.98. The molecule has 0 fully saturated rings. The highest BCUT2D eigenvalue weighted by molar-refractivity contribution is 5.70. The molecule has 110 valence electrons. The van der Waals surface area contributed by atoms with Gasteiger partial charge in [0.25, 0.3) is 0 Å². The lowest BCUT2D eigenvalue weighted by molar-refractivity contribution is 0.620. The van der Waals surface area contributed by atoms with Crippen molar-refractivity contribution in [1.82, 2.24) is 0 Å². The number of aryl methyl sites for hydroxylation is 1. The van der Waals surface area contributed by atoms with Crippen molar-refractivity contribution in [3.8, 4) is 0 Å². The van der Waals surface area contributed by atoms with Crippen molar-refractivity contribution in [3.05, 3.63) is 59.4 Å². The van der Waals surface area contributed by atoms with E-state index in [0.29, 0.717) is 18.7 Å². The van der Waals surface area contributed by atoms with Crippen LogP contribution in [-0.2, 0) is 12.8 Å². The Morgan fingerprint density at radius 1 is 1.05 bits per heavy atom. The largest absolute Gasteiger partial charge is 0.339 e. The van der Waals surface area contributed by atoms with Crippen LogP contribution in [0.3, 0.4) is 0 Å². The topological polar surface area (TPSA) is 29.3 Å². The third-order valence-electron chi connectivity index (χ3n) is 4.11. The highest BCUT2D eigenvalue weighted by atomic mass is 19.1. The molecule has 1 aliphatic heterocycles. The Morgan fingerprint density at radius 2 is 1.90 bits per heavy atom. The molecular weight excluding hydrogens is 263 g/mol. The summed E-state index contributed by atoms with van der Waals surface area (Å²) in [6.45, 7) is 1.39. The van der Waals surface area contributed by atoms with Crippen LogP contribution < -0.4 is 10.6 Å². The number of benzene rings is 2. The van der Waals surface area contributed by atoms with Gasteiger partial charge in [0.05, 0.1) is 5.69 Å². The van der Waals surface area contributed by atoms with Gasteiger partial charge in [-0.3, -0.25) is 0 Å². The zero-order valence-electron chi connectivity index (χ0n) is 12.2. The monoisotopic (exact) mass is 284 g/mol. The maximum atomic E-state index is 14.5. The fourth-order valence-electron chi connectivity index (χ4n) is 3.14. The average molecular weight is 284 g/mol. The third kappa shape index (κ3) is 2.79. The molecule has 21 heavy (non-hydrogen) atoms. The molecule has 2 nitrogen and oxygen atoms in total. The zero-order valence-corrected chi connectivity index (χ0v) is 12.2. The molecule has 0 amide bonds. The van der Waals surface area contributed by atoms with Crippen LogP contribution in [0, 0.1) is 5.82 Å². The van der Waals surface area contributed by atoms with Gasteiger partial charge in [-0.2, -0.15) is 0 Å². The molecule has 2 aromatic rings. The molecule has 0 saturated heterocycles. The van der Waals surface area contributed by atoms with Crippen molar-refractivity contribution in [3.63, 3.8) is 0 Å². The van der Waals surface area contributed by atoms with Crippen LogP contribution in [0.1, 0.15) is 24.0 Å². The molecule has 3 rings (SSSR count). The lowest BCUT2D eigenvalue weighted by Crippen LogP contribution is -2.21. The number of halogens is 1. The summed E-state index contributed by atoms with van der Waals surface area (Å²) in [5.74, 6) is -0.155. The van der Waals surface area contributed by atoms with Crippen LogP contribution >= 0.6 is 0 Å². The van der Waals surface area contributed by atoms with Gasteiger partial charge in [0.1, 0.15) is 5.82 Å². The Balaban J connectivity index is 2.12. The predicted molar refractivity (Wildman–Crippen MR) is 85.5 cm³/mol. The van der Waals surface area contributed by atoms with Crippen LogP contribution in [0.2, 0.25) is 0 Å². The van der Waals surface area contributed by atoms with Gasteiger partial charge in [0, 0.05) is 12.2 Å². The summed E-state index contributed by atoms with van der Waals surface area (Å²) in [5, 5.41) is 0. The third-order valence-corrected chi connectivity index (χ3v) is 4.11. The van der Waals surface area contributed by atoms with E-state index in [-0.39, 0.29) is 5.82 Å². The summed E-state index contributed by atoms with van der Waals surface area (Å²) in [4.78, 5) is 2.14. The standard InChI is InChI=1S/C18H21FN2/c19-16-9-5-8-15(11-12-20)18(16)21-13-4-3-7-14-6-1-2-10-17(14)21/h1-2,5-6,8-10H,3-4,7,11-13,20H2. The second-order valence-corrected chi connectivity index (χ2v) is 5.52. The summed E-state index contributed by atoms with van der Waals surface area (Å²) >= 11 is 0. The Labute approximate surface area is 125 Å². The van der Waals surface area contributed by atoms with Crippen LogP contribution in [-0.4, -0.2) is 13.1 Å². The van der Waals surface area contributed by atoms with Crippen molar-refractivity contribution in [1.29, 1.82) is 0 Å². The molecule has 2 aromatic carbocycles. The first kappa shape index (κ1) is 14.1. The van der Waals surface area contributed by atoms with E-state index >= 15 is 0 Å². The highest BCUT2D eigenvalue weighted by Crippen LogP contribution is 2.36. The van der Waals surface area contributed by atoms with Gasteiger partial charge in [-0.05, 0) is 55.5 Å². The maximum absolute atomic E-state index is 14.5. The van der Waals surface area contributed by atoms with Gasteiger partial charge in [-0.25, -0.2) is 4.39 Å². The van der Waals surface area contributed by atoms with Crippen molar-refractivity contribution >= 4 is 11.4 Å². The zero-order chi connectivity index (χ0) is 14.7. The molecule has 0 bridgehead atoms. The minimum atomic E-state index is -0.155. The normalized spacial score (nSPS) is 14.7. The predicted octanol–water partition coefficient (Wildman–Crippen LogP) is 3.80. The Morgan fingerprint density at radius 3 is 2.76 bits per heavy atom. The first-order chi connectivity index (χ1) is 10.3. The fourth-order valence-corrected chi connectivity index (χ4v) is 3.14. The van der Waals surface area contributed by atoms with Crippen molar-refractivity contribution < 1.29 is 4.39 Å². The quantitative estimate of drug-likeness (QED) is 0.929. The second-order valence-electron chi connectivity index (χ2n) is 5.52. The lowest BCUT2D eigenvalue weighted by Gasteiger charge is -2.28. The van der Waals surface area contributed by atoms with Gasteiger partial charge in [0.15, 0.2) is 0 Å². The van der Waals surface area contributed by atoms with Gasteiger partial charge in [-0.1, -0.05) is 30.3 Å². The van der Waals surface area contributed by atoms with E-state index in [1.54, 1.807) is 12.1 Å². The molecule has 2 N–H and O–H groups in total. The van der Waals surface area contributed by atoms with E-state index in [4.69, 9.17) is 5.73 Å². The average Bonchev–Trinajstić information content (AvgIpc) is 2.70. The first-order valence-corrected chi connectivity index (χ1v) is 7.64. The number of para-hydroxylation sites is 2. The second kappa shape index (κ2) is 6.27. The molecule has 0 atom stereocenters. The van der Waals surface area contributed by atoms with E-state index in [2.05, 4.69) is 23.1 Å². The number of hydrogen-bond donors (Lipinski definition) is 1. The molecule has 0 unspecified atom stereocenters. The van der Waals surface area contributed by atoms with E-state index in [0.717, 1.165) is 37.1 Å². The van der Waals surface area contributed by atoms with Gasteiger partial charge in [-0.15, -0.1) is 0 Å². The summed E-state index contributed by atoms with van der Waals surface area (Å²) < 4.78 is 14.5. The van der Waals surface area contributed by atoms with Crippen LogP contribution in [0.4, 0.5) is 15.8 Å². The van der Waals surface area contributed by atoms with E-state index in [1.165, 1.54) is 5.56 Å². The number of fused-ring (bicyclic) bond motifs is 1.